The summed E-state index contributed by atoms with van der Waals surface area (Å²) in [6, 6.07) is 14.3. The summed E-state index contributed by atoms with van der Waals surface area (Å²) in [6.07, 6.45) is -0.721. The van der Waals surface area contributed by atoms with Gasteiger partial charge >= 0.3 is 12.1 Å². The molecule has 2 aromatic carbocycles. The number of nitrogens with zero attached hydrogens (tertiary/aromatic N) is 2. The quantitative estimate of drug-likeness (QED) is 0.639. The van der Waals surface area contributed by atoms with Crippen molar-refractivity contribution >= 4 is 18.0 Å². The number of methoxy groups -OCH3 is 1. The van der Waals surface area contributed by atoms with Crippen LogP contribution in [-0.4, -0.2) is 92.0 Å². The van der Waals surface area contributed by atoms with E-state index in [2.05, 4.69) is 17.4 Å². The van der Waals surface area contributed by atoms with E-state index < -0.39 is 30.1 Å². The Morgan fingerprint density at radius 2 is 1.68 bits per heavy atom. The fourth-order valence-corrected chi connectivity index (χ4v) is 4.68. The molecule has 1 fully saturated rings. The molecule has 2 unspecified atom stereocenters. The lowest BCUT2D eigenvalue weighted by atomic mass is 9.98. The first-order valence-electron chi connectivity index (χ1n) is 11.2. The molecule has 2 N–H and O–H groups in total. The number of likely N-dealkylation sites (N-methyl/N-ethyl adjacent to an activating group) is 1. The maximum atomic E-state index is 13.1. The molecule has 9 heteroatoms. The predicted molar refractivity (Wildman–Crippen MR) is 125 cm³/mol. The normalized spacial score (nSPS) is 18.6. The summed E-state index contributed by atoms with van der Waals surface area (Å²) in [7, 11) is 3.14. The van der Waals surface area contributed by atoms with Gasteiger partial charge in [-0.2, -0.15) is 0 Å². The van der Waals surface area contributed by atoms with Gasteiger partial charge in [-0.3, -0.25) is 14.5 Å². The molecule has 1 aliphatic carbocycles. The van der Waals surface area contributed by atoms with E-state index in [1.165, 1.54) is 12.0 Å². The monoisotopic (exact) mass is 467 g/mol. The third kappa shape index (κ3) is 4.76. The number of carboxylic acids is 1. The zero-order chi connectivity index (χ0) is 24.2. The van der Waals surface area contributed by atoms with Gasteiger partial charge in [0.05, 0.1) is 6.61 Å². The number of carbonyl (C=O) groups is 3. The maximum Gasteiger partial charge on any atom is 0.407 e. The molecule has 180 valence electrons. The Labute approximate surface area is 198 Å². The van der Waals surface area contributed by atoms with Crippen LogP contribution in [0.15, 0.2) is 48.5 Å². The van der Waals surface area contributed by atoms with Crippen molar-refractivity contribution in [1.82, 2.24) is 15.1 Å². The van der Waals surface area contributed by atoms with Crippen LogP contribution in [-0.2, 0) is 19.1 Å². The number of hydrogen-bond donors (Lipinski definition) is 2. The number of benzene rings is 2. The molecule has 2 aromatic rings. The number of rotatable bonds is 7. The van der Waals surface area contributed by atoms with Crippen molar-refractivity contribution in [3.8, 4) is 11.1 Å². The lowest BCUT2D eigenvalue weighted by Gasteiger charge is -2.38. The van der Waals surface area contributed by atoms with Gasteiger partial charge in [0.1, 0.15) is 18.7 Å². The minimum Gasteiger partial charge on any atom is -0.480 e. The molecule has 1 aliphatic heterocycles. The van der Waals surface area contributed by atoms with E-state index >= 15 is 0 Å². The molecule has 0 bridgehead atoms. The lowest BCUT2D eigenvalue weighted by Crippen LogP contribution is -2.60. The first-order chi connectivity index (χ1) is 16.4. The van der Waals surface area contributed by atoms with Crippen LogP contribution in [0.3, 0.4) is 0 Å². The number of amides is 2. The zero-order valence-corrected chi connectivity index (χ0v) is 19.3. The number of carbonyl (C=O) groups excluding carboxylic acids is 2. The highest BCUT2D eigenvalue weighted by Crippen LogP contribution is 2.44. The van der Waals surface area contributed by atoms with Crippen LogP contribution < -0.4 is 5.32 Å². The molecule has 0 radical (unpaired) electrons. The van der Waals surface area contributed by atoms with Crippen LogP contribution >= 0.6 is 0 Å². The maximum absolute atomic E-state index is 13.1. The van der Waals surface area contributed by atoms with Crippen molar-refractivity contribution < 1.29 is 29.0 Å². The van der Waals surface area contributed by atoms with Crippen molar-refractivity contribution in [1.29, 1.82) is 0 Å². The Hall–Kier alpha value is -3.43. The number of fused-ring (bicyclic) bond motifs is 3. The Morgan fingerprint density at radius 1 is 1.06 bits per heavy atom. The van der Waals surface area contributed by atoms with Crippen molar-refractivity contribution in [2.45, 2.75) is 18.0 Å². The summed E-state index contributed by atoms with van der Waals surface area (Å²) in [4.78, 5) is 40.3. The summed E-state index contributed by atoms with van der Waals surface area (Å²) in [5.41, 5.74) is 4.45. The van der Waals surface area contributed by atoms with Gasteiger partial charge in [-0.05, 0) is 29.3 Å². The molecule has 0 spiro atoms. The van der Waals surface area contributed by atoms with E-state index in [0.717, 1.165) is 22.3 Å². The van der Waals surface area contributed by atoms with E-state index in [9.17, 15) is 19.5 Å². The van der Waals surface area contributed by atoms with Gasteiger partial charge in [0.15, 0.2) is 0 Å². The van der Waals surface area contributed by atoms with Crippen molar-refractivity contribution in [3.63, 3.8) is 0 Å². The standard InChI is InChI=1S/C25H29N3O6/c1-27-11-12-28(13-22(27)24(30)31)23(29)21(15-33-2)26-25(32)34-14-20-18-9-5-3-7-16(18)17-8-4-6-10-19(17)20/h3-10,20-22H,11-15H2,1-2H3,(H,26,32)(H,30,31). The first-order valence-corrected chi connectivity index (χ1v) is 11.2. The summed E-state index contributed by atoms with van der Waals surface area (Å²) in [5.74, 6) is -1.48. The molecule has 1 heterocycles. The average Bonchev–Trinajstić information content (AvgIpc) is 3.16. The van der Waals surface area contributed by atoms with Crippen molar-refractivity contribution in [2.24, 2.45) is 0 Å². The summed E-state index contributed by atoms with van der Waals surface area (Å²) >= 11 is 0. The number of aliphatic carboxylic acids is 1. The third-order valence-corrected chi connectivity index (χ3v) is 6.51. The minimum absolute atomic E-state index is 0.0389. The zero-order valence-electron chi connectivity index (χ0n) is 19.3. The molecule has 1 saturated heterocycles. The van der Waals surface area contributed by atoms with E-state index in [-0.39, 0.29) is 25.7 Å². The van der Waals surface area contributed by atoms with E-state index in [1.807, 2.05) is 36.4 Å². The molecule has 4 rings (SSSR count). The van der Waals surface area contributed by atoms with Crippen LogP contribution in [0.2, 0.25) is 0 Å². The highest BCUT2D eigenvalue weighted by Gasteiger charge is 2.36. The van der Waals surface area contributed by atoms with Crippen LogP contribution in [0.5, 0.6) is 0 Å². The Balaban J connectivity index is 1.40. The topological polar surface area (TPSA) is 108 Å². The van der Waals surface area contributed by atoms with E-state index in [4.69, 9.17) is 9.47 Å². The van der Waals surface area contributed by atoms with Gasteiger partial charge in [0, 0.05) is 32.7 Å². The molecule has 9 nitrogen and oxygen atoms in total. The second kappa shape index (κ2) is 10.2. The number of piperazine rings is 1. The largest absolute Gasteiger partial charge is 0.480 e. The number of alkyl carbamates (subject to hydrolysis) is 1. The molecule has 2 atom stereocenters. The molecular formula is C25H29N3O6. The third-order valence-electron chi connectivity index (χ3n) is 6.51. The number of carboxylic acid groups (broad SMARTS) is 1. The Bertz CT molecular complexity index is 1030. The minimum atomic E-state index is -0.993. The van der Waals surface area contributed by atoms with Gasteiger partial charge in [-0.15, -0.1) is 0 Å². The Morgan fingerprint density at radius 3 is 2.26 bits per heavy atom. The molecule has 2 amide bonds. The van der Waals surface area contributed by atoms with Gasteiger partial charge in [-0.25, -0.2) is 4.79 Å². The first kappa shape index (κ1) is 23.7. The second-order valence-electron chi connectivity index (χ2n) is 8.60. The fraction of sp³-hybridized carbons (Fsp3) is 0.400. The van der Waals surface area contributed by atoms with Crippen LogP contribution in [0.4, 0.5) is 4.79 Å². The molecular weight excluding hydrogens is 438 g/mol. The number of ether oxygens (including phenoxy) is 2. The lowest BCUT2D eigenvalue weighted by molar-refractivity contribution is -0.148. The van der Waals surface area contributed by atoms with Crippen LogP contribution in [0.1, 0.15) is 17.0 Å². The highest BCUT2D eigenvalue weighted by molar-refractivity contribution is 5.87. The predicted octanol–water partition coefficient (Wildman–Crippen LogP) is 1.77. The van der Waals surface area contributed by atoms with Gasteiger partial charge in [0.2, 0.25) is 5.91 Å². The summed E-state index contributed by atoms with van der Waals surface area (Å²) in [5, 5.41) is 12.0. The second-order valence-corrected chi connectivity index (χ2v) is 8.60. The number of hydrogen-bond acceptors (Lipinski definition) is 6. The molecule has 34 heavy (non-hydrogen) atoms. The average molecular weight is 468 g/mol. The molecule has 0 aromatic heterocycles. The van der Waals surface area contributed by atoms with Gasteiger partial charge < -0.3 is 24.8 Å². The van der Waals surface area contributed by atoms with E-state index in [0.29, 0.717) is 13.1 Å². The van der Waals surface area contributed by atoms with E-state index in [1.54, 1.807) is 11.9 Å². The Kier molecular flexibility index (Phi) is 7.14. The van der Waals surface area contributed by atoms with Crippen molar-refractivity contribution in [2.75, 3.05) is 47.0 Å². The van der Waals surface area contributed by atoms with Crippen LogP contribution in [0.25, 0.3) is 11.1 Å². The van der Waals surface area contributed by atoms with Crippen LogP contribution in [0, 0.1) is 0 Å². The fourth-order valence-electron chi connectivity index (χ4n) is 4.68. The SMILES string of the molecule is COCC(NC(=O)OCC1c2ccccc2-c2ccccc21)C(=O)N1CCN(C)C(C(=O)O)C1. The molecule has 2 aliphatic rings. The summed E-state index contributed by atoms with van der Waals surface area (Å²) < 4.78 is 10.7. The smallest absolute Gasteiger partial charge is 0.407 e. The highest BCUT2D eigenvalue weighted by atomic mass is 16.5. The number of nitrogens with one attached hydrogen (secondary N) is 1. The van der Waals surface area contributed by atoms with Gasteiger partial charge in [0.25, 0.3) is 0 Å². The van der Waals surface area contributed by atoms with Crippen molar-refractivity contribution in [3.05, 3.63) is 59.7 Å². The van der Waals surface area contributed by atoms with Gasteiger partial charge in [-0.1, -0.05) is 48.5 Å². The molecule has 0 saturated carbocycles. The summed E-state index contributed by atoms with van der Waals surface area (Å²) in [6.45, 7) is 0.909.